The maximum Gasteiger partial charge on any atom is 0.331 e. The average molecular weight is 336 g/mol. The monoisotopic (exact) mass is 336 g/mol. The second kappa shape index (κ2) is 7.44. The molecule has 0 spiro atoms. The summed E-state index contributed by atoms with van der Waals surface area (Å²) in [6.07, 6.45) is 1.45. The van der Waals surface area contributed by atoms with Crippen LogP contribution in [-0.4, -0.2) is 9.91 Å². The van der Waals surface area contributed by atoms with Gasteiger partial charge >= 0.3 is 5.69 Å². The van der Waals surface area contributed by atoms with Crippen molar-refractivity contribution in [2.75, 3.05) is 0 Å². The lowest BCUT2D eigenvalue weighted by atomic mass is 10.2. The first kappa shape index (κ1) is 16.4. The van der Waals surface area contributed by atoms with E-state index >= 15 is 0 Å². The third-order valence-corrected chi connectivity index (χ3v) is 3.51. The minimum atomic E-state index is -0.526. The Morgan fingerprint density at radius 2 is 1.68 bits per heavy atom. The van der Waals surface area contributed by atoms with Crippen LogP contribution < -0.4 is 9.47 Å². The molecule has 1 aromatic heterocycles. The van der Waals surface area contributed by atoms with E-state index in [1.54, 1.807) is 24.3 Å². The summed E-state index contributed by atoms with van der Waals surface area (Å²) in [6.45, 7) is 2.50. The SMILES string of the molecule is Cc1ccc(COc2ccc(Oc3ncccc3[N+](=O)[O-])cc2)cc1. The highest BCUT2D eigenvalue weighted by Gasteiger charge is 2.16. The zero-order valence-corrected chi connectivity index (χ0v) is 13.6. The van der Waals surface area contributed by atoms with Gasteiger partial charge in [-0.15, -0.1) is 0 Å². The molecule has 126 valence electrons. The Bertz CT molecular complexity index is 861. The number of pyridine rings is 1. The van der Waals surface area contributed by atoms with Gasteiger partial charge in [0.25, 0.3) is 5.88 Å². The third kappa shape index (κ3) is 4.32. The molecule has 0 amide bonds. The van der Waals surface area contributed by atoms with Gasteiger partial charge in [0.15, 0.2) is 0 Å². The Morgan fingerprint density at radius 1 is 1.00 bits per heavy atom. The van der Waals surface area contributed by atoms with Crippen molar-refractivity contribution in [2.45, 2.75) is 13.5 Å². The van der Waals surface area contributed by atoms with Gasteiger partial charge in [-0.3, -0.25) is 10.1 Å². The first-order valence-electron chi connectivity index (χ1n) is 7.67. The first-order valence-corrected chi connectivity index (χ1v) is 7.67. The number of hydrogen-bond donors (Lipinski definition) is 0. The molecule has 0 bridgehead atoms. The van der Waals surface area contributed by atoms with Crippen LogP contribution in [-0.2, 0) is 6.61 Å². The van der Waals surface area contributed by atoms with Crippen molar-refractivity contribution in [3.8, 4) is 17.4 Å². The van der Waals surface area contributed by atoms with Gasteiger partial charge in [-0.25, -0.2) is 4.98 Å². The normalized spacial score (nSPS) is 10.3. The average Bonchev–Trinajstić information content (AvgIpc) is 2.63. The van der Waals surface area contributed by atoms with E-state index in [-0.39, 0.29) is 11.6 Å². The summed E-state index contributed by atoms with van der Waals surface area (Å²) in [7, 11) is 0. The highest BCUT2D eigenvalue weighted by molar-refractivity contribution is 5.43. The predicted octanol–water partition coefficient (Wildman–Crippen LogP) is 4.67. The van der Waals surface area contributed by atoms with E-state index in [4.69, 9.17) is 9.47 Å². The molecule has 0 N–H and O–H groups in total. The van der Waals surface area contributed by atoms with Crippen LogP contribution in [0.2, 0.25) is 0 Å². The summed E-state index contributed by atoms with van der Waals surface area (Å²) in [5.74, 6) is 1.09. The van der Waals surface area contributed by atoms with E-state index in [1.807, 2.05) is 31.2 Å². The molecule has 6 heteroatoms. The lowest BCUT2D eigenvalue weighted by Gasteiger charge is -2.08. The van der Waals surface area contributed by atoms with Crippen LogP contribution >= 0.6 is 0 Å². The second-order valence-electron chi connectivity index (χ2n) is 5.43. The fourth-order valence-electron chi connectivity index (χ4n) is 2.17. The van der Waals surface area contributed by atoms with Gasteiger partial charge in [-0.2, -0.15) is 0 Å². The molecule has 0 aliphatic carbocycles. The van der Waals surface area contributed by atoms with Crippen molar-refractivity contribution in [1.29, 1.82) is 0 Å². The molecule has 25 heavy (non-hydrogen) atoms. The molecule has 1 heterocycles. The molecule has 3 aromatic rings. The van der Waals surface area contributed by atoms with E-state index < -0.39 is 4.92 Å². The molecule has 6 nitrogen and oxygen atoms in total. The predicted molar refractivity (Wildman–Crippen MR) is 92.9 cm³/mol. The van der Waals surface area contributed by atoms with Gasteiger partial charge < -0.3 is 9.47 Å². The Morgan fingerprint density at radius 3 is 2.36 bits per heavy atom. The van der Waals surface area contributed by atoms with Gasteiger partial charge in [0.05, 0.1) is 4.92 Å². The lowest BCUT2D eigenvalue weighted by molar-refractivity contribution is -0.386. The Labute approximate surface area is 144 Å². The second-order valence-corrected chi connectivity index (χ2v) is 5.43. The summed E-state index contributed by atoms with van der Waals surface area (Å²) in [6, 6.07) is 17.8. The number of rotatable bonds is 6. The van der Waals surface area contributed by atoms with Crippen LogP contribution in [0.4, 0.5) is 5.69 Å². The topological polar surface area (TPSA) is 74.5 Å². The fraction of sp³-hybridized carbons (Fsp3) is 0.105. The third-order valence-electron chi connectivity index (χ3n) is 3.51. The molecule has 0 aliphatic heterocycles. The molecule has 0 unspecified atom stereocenters. The molecular weight excluding hydrogens is 320 g/mol. The van der Waals surface area contributed by atoms with Gasteiger partial charge in [0, 0.05) is 12.3 Å². The van der Waals surface area contributed by atoms with Crippen molar-refractivity contribution < 1.29 is 14.4 Å². The highest BCUT2D eigenvalue weighted by Crippen LogP contribution is 2.29. The maximum absolute atomic E-state index is 11.0. The van der Waals surface area contributed by atoms with E-state index in [9.17, 15) is 10.1 Å². The quantitative estimate of drug-likeness (QED) is 0.483. The maximum atomic E-state index is 11.0. The number of hydrogen-bond acceptors (Lipinski definition) is 5. The minimum absolute atomic E-state index is 0.0409. The van der Waals surface area contributed by atoms with Crippen LogP contribution in [0.25, 0.3) is 0 Å². The van der Waals surface area contributed by atoms with E-state index in [1.165, 1.54) is 23.9 Å². The van der Waals surface area contributed by atoms with Crippen LogP contribution in [0, 0.1) is 17.0 Å². The molecule has 0 aliphatic rings. The lowest BCUT2D eigenvalue weighted by Crippen LogP contribution is -1.96. The van der Waals surface area contributed by atoms with Crippen molar-refractivity contribution in [3.63, 3.8) is 0 Å². The van der Waals surface area contributed by atoms with Gasteiger partial charge in [-0.1, -0.05) is 29.8 Å². The van der Waals surface area contributed by atoms with Gasteiger partial charge in [-0.05, 0) is 42.8 Å². The van der Waals surface area contributed by atoms with Gasteiger partial charge in [0.1, 0.15) is 18.1 Å². The number of nitrogens with zero attached hydrogens (tertiary/aromatic N) is 2. The van der Waals surface area contributed by atoms with Crippen molar-refractivity contribution in [1.82, 2.24) is 4.98 Å². The molecule has 0 radical (unpaired) electrons. The number of nitro groups is 1. The molecule has 2 aromatic carbocycles. The molecular formula is C19H16N2O4. The Hall–Kier alpha value is -3.41. The molecule has 0 saturated heterocycles. The van der Waals surface area contributed by atoms with E-state index in [0.717, 1.165) is 5.56 Å². The summed E-state index contributed by atoms with van der Waals surface area (Å²) in [4.78, 5) is 14.4. The van der Waals surface area contributed by atoms with Crippen LogP contribution in [0.15, 0.2) is 66.9 Å². The fourth-order valence-corrected chi connectivity index (χ4v) is 2.17. The number of aromatic nitrogens is 1. The Balaban J connectivity index is 1.64. The largest absolute Gasteiger partial charge is 0.489 e. The zero-order chi connectivity index (χ0) is 17.6. The Kier molecular flexibility index (Phi) is 4.89. The number of aryl methyl sites for hydroxylation is 1. The summed E-state index contributed by atoms with van der Waals surface area (Å²) >= 11 is 0. The summed E-state index contributed by atoms with van der Waals surface area (Å²) in [5.41, 5.74) is 2.10. The first-order chi connectivity index (χ1) is 12.1. The molecule has 0 atom stereocenters. The van der Waals surface area contributed by atoms with Crippen molar-refractivity contribution in [3.05, 3.63) is 88.1 Å². The van der Waals surface area contributed by atoms with Crippen LogP contribution in [0.5, 0.6) is 17.4 Å². The van der Waals surface area contributed by atoms with E-state index in [0.29, 0.717) is 18.1 Å². The molecule has 0 saturated carbocycles. The minimum Gasteiger partial charge on any atom is -0.489 e. The van der Waals surface area contributed by atoms with E-state index in [2.05, 4.69) is 4.98 Å². The van der Waals surface area contributed by atoms with Crippen LogP contribution in [0.1, 0.15) is 11.1 Å². The zero-order valence-electron chi connectivity index (χ0n) is 13.6. The molecule has 3 rings (SSSR count). The highest BCUT2D eigenvalue weighted by atomic mass is 16.6. The smallest absolute Gasteiger partial charge is 0.331 e. The standard InChI is InChI=1S/C19H16N2O4/c1-14-4-6-15(7-5-14)13-24-16-8-10-17(11-9-16)25-19-18(21(22)23)3-2-12-20-19/h2-12H,13H2,1H3. The summed E-state index contributed by atoms with van der Waals surface area (Å²) in [5, 5.41) is 11.0. The van der Waals surface area contributed by atoms with Crippen LogP contribution in [0.3, 0.4) is 0 Å². The molecule has 0 fully saturated rings. The van der Waals surface area contributed by atoms with Gasteiger partial charge in [0.2, 0.25) is 0 Å². The number of ether oxygens (including phenoxy) is 2. The number of benzene rings is 2. The van der Waals surface area contributed by atoms with Crippen molar-refractivity contribution >= 4 is 5.69 Å². The van der Waals surface area contributed by atoms with Crippen molar-refractivity contribution in [2.24, 2.45) is 0 Å². The summed E-state index contributed by atoms with van der Waals surface area (Å²) < 4.78 is 11.2.